The summed E-state index contributed by atoms with van der Waals surface area (Å²) in [5, 5.41) is 0. The van der Waals surface area contributed by atoms with E-state index in [1.165, 1.54) is 0 Å². The Kier molecular flexibility index (Phi) is 5.43. The maximum absolute atomic E-state index is 12.4. The second-order valence-corrected chi connectivity index (χ2v) is 2.78. The van der Waals surface area contributed by atoms with Crippen molar-refractivity contribution in [3.63, 3.8) is 0 Å². The molecular formula is C9H18F2. The highest BCUT2D eigenvalue weighted by Crippen LogP contribution is 2.32. The van der Waals surface area contributed by atoms with E-state index >= 15 is 0 Å². The van der Waals surface area contributed by atoms with E-state index in [1.54, 1.807) is 0 Å². The Balaban J connectivity index is 0.000000461. The Morgan fingerprint density at radius 2 is 1.45 bits per heavy atom. The molecule has 0 nitrogen and oxygen atoms in total. The molecule has 2 unspecified atom stereocenters. The van der Waals surface area contributed by atoms with Crippen molar-refractivity contribution in [3.05, 3.63) is 0 Å². The molecule has 0 N–H and O–H groups in total. The van der Waals surface area contributed by atoms with Crippen LogP contribution in [0.5, 0.6) is 0 Å². The molecule has 0 aromatic rings. The molecule has 68 valence electrons. The zero-order chi connectivity index (χ0) is 8.85. The molecule has 0 heterocycles. The van der Waals surface area contributed by atoms with Crippen molar-refractivity contribution in [2.24, 2.45) is 5.92 Å². The van der Waals surface area contributed by atoms with E-state index in [0.717, 1.165) is 6.42 Å². The third-order valence-corrected chi connectivity index (χ3v) is 2.09. The lowest BCUT2D eigenvalue weighted by Gasteiger charge is -2.00. The highest BCUT2D eigenvalue weighted by atomic mass is 19.2. The summed E-state index contributed by atoms with van der Waals surface area (Å²) < 4.78 is 24.8. The first kappa shape index (κ1) is 10.9. The molecule has 0 aromatic heterocycles. The molecule has 0 aliphatic heterocycles. The molecule has 1 saturated carbocycles. The van der Waals surface area contributed by atoms with Gasteiger partial charge in [0, 0.05) is 0 Å². The summed E-state index contributed by atoms with van der Waals surface area (Å²) >= 11 is 0. The van der Waals surface area contributed by atoms with Gasteiger partial charge in [-0.2, -0.15) is 0 Å². The van der Waals surface area contributed by atoms with Crippen LogP contribution in [0.3, 0.4) is 0 Å². The number of hydrogen-bond donors (Lipinski definition) is 0. The van der Waals surface area contributed by atoms with Crippen molar-refractivity contribution in [2.75, 3.05) is 0 Å². The first-order valence-electron chi connectivity index (χ1n) is 4.52. The van der Waals surface area contributed by atoms with E-state index in [-0.39, 0.29) is 0 Å². The van der Waals surface area contributed by atoms with Gasteiger partial charge in [-0.05, 0) is 18.8 Å². The van der Waals surface area contributed by atoms with Crippen LogP contribution in [0.2, 0.25) is 0 Å². The zero-order valence-corrected chi connectivity index (χ0v) is 7.61. The van der Waals surface area contributed by atoms with Crippen molar-refractivity contribution in [2.45, 2.75) is 52.4 Å². The molecule has 11 heavy (non-hydrogen) atoms. The van der Waals surface area contributed by atoms with Crippen molar-refractivity contribution in [1.82, 2.24) is 0 Å². The van der Waals surface area contributed by atoms with E-state index in [2.05, 4.69) is 0 Å². The van der Waals surface area contributed by atoms with E-state index in [1.807, 2.05) is 20.8 Å². The summed E-state index contributed by atoms with van der Waals surface area (Å²) in [5.74, 6) is 0.301. The maximum atomic E-state index is 12.4. The van der Waals surface area contributed by atoms with Crippen LogP contribution >= 0.6 is 0 Å². The van der Waals surface area contributed by atoms with Crippen molar-refractivity contribution in [1.29, 1.82) is 0 Å². The van der Waals surface area contributed by atoms with Crippen LogP contribution in [0.25, 0.3) is 0 Å². The van der Waals surface area contributed by atoms with Gasteiger partial charge >= 0.3 is 0 Å². The van der Waals surface area contributed by atoms with E-state index < -0.39 is 12.3 Å². The van der Waals surface area contributed by atoms with Crippen LogP contribution in [0, 0.1) is 5.92 Å². The topological polar surface area (TPSA) is 0 Å². The SMILES string of the molecule is CC.CCC1CC(F)C(F)C1. The second-order valence-electron chi connectivity index (χ2n) is 2.78. The van der Waals surface area contributed by atoms with E-state index in [4.69, 9.17) is 0 Å². The first-order chi connectivity index (χ1) is 5.24. The fourth-order valence-electron chi connectivity index (χ4n) is 1.36. The quantitative estimate of drug-likeness (QED) is 0.556. The average molecular weight is 164 g/mol. The summed E-state index contributed by atoms with van der Waals surface area (Å²) in [4.78, 5) is 0. The maximum Gasteiger partial charge on any atom is 0.131 e. The molecule has 0 bridgehead atoms. The predicted octanol–water partition coefficient (Wildman–Crippen LogP) is 3.51. The molecule has 0 amide bonds. The minimum atomic E-state index is -1.17. The van der Waals surface area contributed by atoms with Crippen LogP contribution in [0.1, 0.15) is 40.0 Å². The normalized spacial score (nSPS) is 36.3. The average Bonchev–Trinajstić information content (AvgIpc) is 2.36. The van der Waals surface area contributed by atoms with Gasteiger partial charge in [0.15, 0.2) is 0 Å². The summed E-state index contributed by atoms with van der Waals surface area (Å²) in [6.45, 7) is 5.98. The van der Waals surface area contributed by atoms with Gasteiger partial charge in [0.05, 0.1) is 0 Å². The molecule has 1 fully saturated rings. The lowest BCUT2D eigenvalue weighted by molar-refractivity contribution is 0.199. The molecule has 0 saturated heterocycles. The Morgan fingerprint density at radius 3 is 1.64 bits per heavy atom. The first-order valence-corrected chi connectivity index (χ1v) is 4.52. The summed E-state index contributed by atoms with van der Waals surface area (Å²) in [7, 11) is 0. The zero-order valence-electron chi connectivity index (χ0n) is 7.61. The van der Waals surface area contributed by atoms with Gasteiger partial charge in [0.25, 0.3) is 0 Å². The van der Waals surface area contributed by atoms with Crippen LogP contribution in [0.15, 0.2) is 0 Å². The summed E-state index contributed by atoms with van der Waals surface area (Å²) in [5.41, 5.74) is 0. The van der Waals surface area contributed by atoms with Gasteiger partial charge in [-0.3, -0.25) is 0 Å². The number of alkyl halides is 2. The third-order valence-electron chi connectivity index (χ3n) is 2.09. The van der Waals surface area contributed by atoms with Crippen molar-refractivity contribution in [3.8, 4) is 0 Å². The molecular weight excluding hydrogens is 146 g/mol. The fraction of sp³-hybridized carbons (Fsp3) is 1.00. The van der Waals surface area contributed by atoms with Gasteiger partial charge in [-0.1, -0.05) is 27.2 Å². The molecule has 1 rings (SSSR count). The van der Waals surface area contributed by atoms with Crippen LogP contribution in [0.4, 0.5) is 8.78 Å². The van der Waals surface area contributed by atoms with Crippen molar-refractivity contribution >= 4 is 0 Å². The van der Waals surface area contributed by atoms with Crippen molar-refractivity contribution < 1.29 is 8.78 Å². The molecule has 1 aliphatic rings. The monoisotopic (exact) mass is 164 g/mol. The van der Waals surface area contributed by atoms with Gasteiger partial charge in [-0.15, -0.1) is 0 Å². The van der Waals surface area contributed by atoms with E-state index in [9.17, 15) is 8.78 Å². The summed E-state index contributed by atoms with van der Waals surface area (Å²) in [6.07, 6.45) is -0.541. The number of halogens is 2. The highest BCUT2D eigenvalue weighted by molar-refractivity contribution is 4.82. The van der Waals surface area contributed by atoms with Gasteiger partial charge < -0.3 is 0 Å². The Hall–Kier alpha value is -0.140. The van der Waals surface area contributed by atoms with Gasteiger partial charge in [-0.25, -0.2) is 8.78 Å². The smallest absolute Gasteiger partial charge is 0.131 e. The molecule has 1 aliphatic carbocycles. The van der Waals surface area contributed by atoms with E-state index in [0.29, 0.717) is 18.8 Å². The van der Waals surface area contributed by atoms with Crippen LogP contribution in [-0.4, -0.2) is 12.3 Å². The minimum absolute atomic E-state index is 0.301. The summed E-state index contributed by atoms with van der Waals surface area (Å²) in [6, 6.07) is 0. The Labute approximate surface area is 68.0 Å². The van der Waals surface area contributed by atoms with Crippen LogP contribution < -0.4 is 0 Å². The number of rotatable bonds is 1. The lowest BCUT2D eigenvalue weighted by atomic mass is 10.1. The Bertz CT molecular complexity index is 83.6. The number of hydrogen-bond acceptors (Lipinski definition) is 0. The molecule has 2 atom stereocenters. The molecule has 0 spiro atoms. The lowest BCUT2D eigenvalue weighted by Crippen LogP contribution is -2.06. The Morgan fingerprint density at radius 1 is 1.09 bits per heavy atom. The van der Waals surface area contributed by atoms with Gasteiger partial charge in [0.2, 0.25) is 0 Å². The molecule has 0 radical (unpaired) electrons. The van der Waals surface area contributed by atoms with Gasteiger partial charge in [0.1, 0.15) is 12.3 Å². The second kappa shape index (κ2) is 5.50. The fourth-order valence-corrected chi connectivity index (χ4v) is 1.36. The predicted molar refractivity (Wildman–Crippen MR) is 44.2 cm³/mol. The van der Waals surface area contributed by atoms with Crippen LogP contribution in [-0.2, 0) is 0 Å². The third kappa shape index (κ3) is 3.17. The standard InChI is InChI=1S/C7H12F2.C2H6/c1-2-5-3-6(8)7(9)4-5;1-2/h5-7H,2-4H2,1H3;1-2H3. The highest BCUT2D eigenvalue weighted by Gasteiger charge is 2.32. The molecule has 0 aromatic carbocycles. The molecule has 2 heteroatoms. The largest absolute Gasteiger partial charge is 0.244 e. The minimum Gasteiger partial charge on any atom is -0.244 e.